The highest BCUT2D eigenvalue weighted by Gasteiger charge is 2.24. The lowest BCUT2D eigenvalue weighted by Crippen LogP contribution is -2.43. The maximum atomic E-state index is 14.1. The number of rotatable bonds is 9. The van der Waals surface area contributed by atoms with Crippen LogP contribution in [0, 0.1) is 24.1 Å². The Kier molecular flexibility index (Phi) is 8.34. The Labute approximate surface area is 196 Å². The molecule has 5 nitrogen and oxygen atoms in total. The van der Waals surface area contributed by atoms with Crippen molar-refractivity contribution in [2.24, 2.45) is 0 Å². The van der Waals surface area contributed by atoms with Crippen molar-refractivity contribution in [3.05, 3.63) is 88.5 Å². The standard InChI is InChI=1S/C24H24ClFN4OS/c1-17-7-5-10-20(25)23(17)32-28-22(12-14-30-13-6-9-19(30)15-27)24(31)29(2)16-18-8-3-4-11-21(18)26/h3-11,13,22,28H,12,14,16H2,1-2H3. The molecular weight excluding hydrogens is 447 g/mol. The van der Waals surface area contributed by atoms with Crippen molar-refractivity contribution >= 4 is 29.5 Å². The molecule has 0 fully saturated rings. The van der Waals surface area contributed by atoms with E-state index in [2.05, 4.69) is 10.8 Å². The van der Waals surface area contributed by atoms with Gasteiger partial charge < -0.3 is 9.47 Å². The van der Waals surface area contributed by atoms with Gasteiger partial charge in [-0.25, -0.2) is 9.11 Å². The molecule has 1 heterocycles. The highest BCUT2D eigenvalue weighted by atomic mass is 35.5. The lowest BCUT2D eigenvalue weighted by molar-refractivity contribution is -0.132. The van der Waals surface area contributed by atoms with Gasteiger partial charge in [0.2, 0.25) is 5.91 Å². The average Bonchev–Trinajstić information content (AvgIpc) is 3.24. The Morgan fingerprint density at radius 1 is 1.25 bits per heavy atom. The Balaban J connectivity index is 1.76. The predicted octanol–water partition coefficient (Wildman–Crippen LogP) is 5.17. The van der Waals surface area contributed by atoms with Gasteiger partial charge in [0, 0.05) is 36.8 Å². The number of aryl methyl sites for hydroxylation is 2. The number of hydrogen-bond acceptors (Lipinski definition) is 4. The average molecular weight is 471 g/mol. The summed E-state index contributed by atoms with van der Waals surface area (Å²) in [7, 11) is 1.66. The lowest BCUT2D eigenvalue weighted by atomic mass is 10.1. The molecule has 0 bridgehead atoms. The number of carbonyl (C=O) groups is 1. The molecule has 0 radical (unpaired) electrons. The van der Waals surface area contributed by atoms with Gasteiger partial charge in [0.1, 0.15) is 17.6 Å². The first-order chi connectivity index (χ1) is 15.4. The van der Waals surface area contributed by atoms with Gasteiger partial charge in [-0.05, 0) is 55.1 Å². The van der Waals surface area contributed by atoms with E-state index in [0.717, 1.165) is 10.5 Å². The van der Waals surface area contributed by atoms with Crippen molar-refractivity contribution in [1.29, 1.82) is 5.26 Å². The molecular formula is C24H24ClFN4OS. The quantitative estimate of drug-likeness (QED) is 0.438. The van der Waals surface area contributed by atoms with Crippen LogP contribution in [0.5, 0.6) is 0 Å². The molecule has 3 rings (SSSR count). The van der Waals surface area contributed by atoms with Crippen LogP contribution < -0.4 is 4.72 Å². The predicted molar refractivity (Wildman–Crippen MR) is 126 cm³/mol. The van der Waals surface area contributed by atoms with Gasteiger partial charge in [0.25, 0.3) is 0 Å². The van der Waals surface area contributed by atoms with E-state index >= 15 is 0 Å². The van der Waals surface area contributed by atoms with Crippen molar-refractivity contribution < 1.29 is 9.18 Å². The molecule has 8 heteroatoms. The largest absolute Gasteiger partial charge is 0.340 e. The minimum Gasteiger partial charge on any atom is -0.340 e. The van der Waals surface area contributed by atoms with E-state index in [0.29, 0.717) is 29.2 Å². The molecule has 32 heavy (non-hydrogen) atoms. The third-order valence-electron chi connectivity index (χ3n) is 5.11. The zero-order valence-electron chi connectivity index (χ0n) is 17.9. The molecule has 0 aliphatic carbocycles. The van der Waals surface area contributed by atoms with E-state index in [1.54, 1.807) is 43.4 Å². The summed E-state index contributed by atoms with van der Waals surface area (Å²) in [5.74, 6) is -0.514. The summed E-state index contributed by atoms with van der Waals surface area (Å²) >= 11 is 7.65. The number of nitrogens with zero attached hydrogens (tertiary/aromatic N) is 3. The van der Waals surface area contributed by atoms with Crippen LogP contribution in [0.4, 0.5) is 4.39 Å². The third kappa shape index (κ3) is 5.92. The van der Waals surface area contributed by atoms with Gasteiger partial charge in [0.05, 0.1) is 11.1 Å². The Bertz CT molecular complexity index is 1110. The molecule has 2 aromatic carbocycles. The third-order valence-corrected chi connectivity index (χ3v) is 6.68. The highest BCUT2D eigenvalue weighted by Crippen LogP contribution is 2.29. The zero-order chi connectivity index (χ0) is 23.1. The number of amides is 1. The maximum absolute atomic E-state index is 14.1. The number of likely N-dealkylation sites (N-methyl/N-ethyl adjacent to an activating group) is 1. The van der Waals surface area contributed by atoms with E-state index in [-0.39, 0.29) is 18.3 Å². The summed E-state index contributed by atoms with van der Waals surface area (Å²) in [6.45, 7) is 2.59. The molecule has 1 unspecified atom stereocenters. The molecule has 0 saturated carbocycles. The van der Waals surface area contributed by atoms with Crippen LogP contribution >= 0.6 is 23.5 Å². The van der Waals surface area contributed by atoms with Crippen molar-refractivity contribution in [2.75, 3.05) is 7.05 Å². The van der Waals surface area contributed by atoms with Crippen molar-refractivity contribution in [1.82, 2.24) is 14.2 Å². The van der Waals surface area contributed by atoms with Crippen molar-refractivity contribution in [3.63, 3.8) is 0 Å². The summed E-state index contributed by atoms with van der Waals surface area (Å²) < 4.78 is 19.1. The molecule has 1 amide bonds. The number of hydrogen-bond donors (Lipinski definition) is 1. The van der Waals surface area contributed by atoms with E-state index in [1.807, 2.05) is 29.8 Å². The summed E-state index contributed by atoms with van der Waals surface area (Å²) in [6.07, 6.45) is 2.26. The zero-order valence-corrected chi connectivity index (χ0v) is 19.5. The first kappa shape index (κ1) is 23.9. The Morgan fingerprint density at radius 3 is 2.75 bits per heavy atom. The molecule has 1 N–H and O–H groups in total. The van der Waals surface area contributed by atoms with Gasteiger partial charge in [-0.1, -0.05) is 41.9 Å². The minimum absolute atomic E-state index is 0.159. The summed E-state index contributed by atoms with van der Waals surface area (Å²) in [6, 6.07) is 17.2. The first-order valence-corrected chi connectivity index (χ1v) is 11.3. The molecule has 0 aliphatic rings. The van der Waals surface area contributed by atoms with Crippen LogP contribution in [-0.4, -0.2) is 28.5 Å². The number of halogens is 2. The summed E-state index contributed by atoms with van der Waals surface area (Å²) in [4.78, 5) is 15.6. The second-order valence-corrected chi connectivity index (χ2v) is 8.69. The molecule has 1 aromatic heterocycles. The second kappa shape index (κ2) is 11.2. The van der Waals surface area contributed by atoms with E-state index < -0.39 is 6.04 Å². The van der Waals surface area contributed by atoms with Crippen molar-refractivity contribution in [2.45, 2.75) is 37.4 Å². The normalized spacial score (nSPS) is 11.7. The number of carbonyl (C=O) groups excluding carboxylic acids is 1. The fraction of sp³-hybridized carbons (Fsp3) is 0.250. The number of aromatic nitrogens is 1. The summed E-state index contributed by atoms with van der Waals surface area (Å²) in [5, 5.41) is 9.86. The van der Waals surface area contributed by atoms with Gasteiger partial charge in [0.15, 0.2) is 0 Å². The highest BCUT2D eigenvalue weighted by molar-refractivity contribution is 7.97. The van der Waals surface area contributed by atoms with Crippen LogP contribution in [0.1, 0.15) is 23.2 Å². The Morgan fingerprint density at radius 2 is 2.03 bits per heavy atom. The van der Waals surface area contributed by atoms with Crippen LogP contribution in [0.2, 0.25) is 5.02 Å². The van der Waals surface area contributed by atoms with Crippen molar-refractivity contribution in [3.8, 4) is 6.07 Å². The smallest absolute Gasteiger partial charge is 0.240 e. The lowest BCUT2D eigenvalue weighted by Gasteiger charge is -2.25. The molecule has 3 aromatic rings. The maximum Gasteiger partial charge on any atom is 0.240 e. The van der Waals surface area contributed by atoms with E-state index in [1.165, 1.54) is 22.9 Å². The minimum atomic E-state index is -0.568. The molecule has 0 aliphatic heterocycles. The second-order valence-electron chi connectivity index (χ2n) is 7.43. The fourth-order valence-corrected chi connectivity index (χ4v) is 4.52. The van der Waals surface area contributed by atoms with Crippen LogP contribution in [0.15, 0.2) is 65.7 Å². The van der Waals surface area contributed by atoms with Gasteiger partial charge in [-0.3, -0.25) is 4.79 Å². The number of nitriles is 1. The molecule has 0 saturated heterocycles. The fourth-order valence-electron chi connectivity index (χ4n) is 3.31. The van der Waals surface area contributed by atoms with E-state index in [4.69, 9.17) is 11.6 Å². The molecule has 166 valence electrons. The topological polar surface area (TPSA) is 61.1 Å². The van der Waals surface area contributed by atoms with Gasteiger partial charge in [-0.2, -0.15) is 5.26 Å². The molecule has 0 spiro atoms. The number of nitrogens with one attached hydrogen (secondary N) is 1. The van der Waals surface area contributed by atoms with Crippen LogP contribution in [0.25, 0.3) is 0 Å². The first-order valence-electron chi connectivity index (χ1n) is 10.1. The monoisotopic (exact) mass is 470 g/mol. The van der Waals surface area contributed by atoms with Gasteiger partial charge >= 0.3 is 0 Å². The summed E-state index contributed by atoms with van der Waals surface area (Å²) in [5.41, 5.74) is 1.98. The molecule has 1 atom stereocenters. The number of benzene rings is 2. The van der Waals surface area contributed by atoms with E-state index in [9.17, 15) is 14.4 Å². The van der Waals surface area contributed by atoms with Gasteiger partial charge in [-0.15, -0.1) is 0 Å². The van der Waals surface area contributed by atoms with Crippen LogP contribution in [0.3, 0.4) is 0 Å². The van der Waals surface area contributed by atoms with Crippen LogP contribution in [-0.2, 0) is 17.9 Å². The Hall–Kier alpha value is -2.79. The SMILES string of the molecule is Cc1cccc(Cl)c1SNC(CCn1cccc1C#N)C(=O)N(C)Cc1ccccc1F.